The minimum Gasteiger partial charge on any atom is -0.486 e. The topological polar surface area (TPSA) is 124 Å². The summed E-state index contributed by atoms with van der Waals surface area (Å²) >= 11 is 0. The van der Waals surface area contributed by atoms with E-state index in [0.717, 1.165) is 5.56 Å². The fourth-order valence-electron chi connectivity index (χ4n) is 3.55. The van der Waals surface area contributed by atoms with Gasteiger partial charge in [0.15, 0.2) is 5.84 Å². The second-order valence-electron chi connectivity index (χ2n) is 7.21. The molecule has 1 fully saturated rings. The van der Waals surface area contributed by atoms with Crippen molar-refractivity contribution < 1.29 is 29.0 Å². The average Bonchev–Trinajstić information content (AvgIpc) is 3.21. The molecular formula is C22H25N3O6. The maximum absolute atomic E-state index is 12.6. The monoisotopic (exact) mass is 427 g/mol. The number of likely N-dealkylation sites (tertiary alicyclic amines) is 1. The van der Waals surface area contributed by atoms with Gasteiger partial charge in [-0.25, -0.2) is 4.79 Å². The lowest BCUT2D eigenvalue weighted by Crippen LogP contribution is -2.32. The summed E-state index contributed by atoms with van der Waals surface area (Å²) in [6, 6.07) is 16.1. The van der Waals surface area contributed by atoms with Crippen molar-refractivity contribution in [2.75, 3.05) is 26.8 Å². The fourth-order valence-corrected chi connectivity index (χ4v) is 3.55. The number of amides is 1. The highest BCUT2D eigenvalue weighted by Gasteiger charge is 2.41. The summed E-state index contributed by atoms with van der Waals surface area (Å²) in [7, 11) is 1.34. The van der Waals surface area contributed by atoms with Gasteiger partial charge in [0.05, 0.1) is 13.0 Å². The molecule has 31 heavy (non-hydrogen) atoms. The largest absolute Gasteiger partial charge is 0.486 e. The molecule has 0 spiro atoms. The molecule has 0 aromatic heterocycles. The van der Waals surface area contributed by atoms with Crippen LogP contribution in [0.4, 0.5) is 4.79 Å². The van der Waals surface area contributed by atoms with E-state index < -0.39 is 12.0 Å². The van der Waals surface area contributed by atoms with E-state index >= 15 is 0 Å². The number of ether oxygens (including phenoxy) is 3. The first-order chi connectivity index (χ1) is 15.0. The Morgan fingerprint density at radius 3 is 2.58 bits per heavy atom. The second kappa shape index (κ2) is 10.3. The van der Waals surface area contributed by atoms with Crippen LogP contribution in [0.15, 0.2) is 59.8 Å². The summed E-state index contributed by atoms with van der Waals surface area (Å²) in [6.45, 7) is 0.538. The summed E-state index contributed by atoms with van der Waals surface area (Å²) in [5.41, 5.74) is 6.36. The molecule has 2 atom stereocenters. The first kappa shape index (κ1) is 21.9. The van der Waals surface area contributed by atoms with Crippen molar-refractivity contribution in [1.82, 2.24) is 4.90 Å². The Labute approximate surface area is 180 Å². The summed E-state index contributed by atoms with van der Waals surface area (Å²) < 4.78 is 15.9. The highest BCUT2D eigenvalue weighted by atomic mass is 16.6. The van der Waals surface area contributed by atoms with Crippen LogP contribution in [-0.2, 0) is 16.0 Å². The van der Waals surface area contributed by atoms with Gasteiger partial charge in [-0.3, -0.25) is 4.79 Å². The van der Waals surface area contributed by atoms with Crippen LogP contribution in [0.1, 0.15) is 5.56 Å². The van der Waals surface area contributed by atoms with Crippen molar-refractivity contribution in [1.29, 1.82) is 0 Å². The van der Waals surface area contributed by atoms with Gasteiger partial charge in [0.2, 0.25) is 0 Å². The minimum absolute atomic E-state index is 0.0421. The Morgan fingerprint density at radius 1 is 1.13 bits per heavy atom. The molecule has 1 saturated heterocycles. The van der Waals surface area contributed by atoms with E-state index in [4.69, 9.17) is 25.2 Å². The van der Waals surface area contributed by atoms with E-state index in [1.54, 1.807) is 30.3 Å². The zero-order valence-corrected chi connectivity index (χ0v) is 17.1. The van der Waals surface area contributed by atoms with E-state index in [2.05, 4.69) is 5.16 Å². The Kier molecular flexibility index (Phi) is 7.31. The number of hydrogen-bond acceptors (Lipinski definition) is 7. The Morgan fingerprint density at radius 2 is 1.87 bits per heavy atom. The first-order valence-corrected chi connectivity index (χ1v) is 9.78. The van der Waals surface area contributed by atoms with E-state index in [1.807, 2.05) is 24.3 Å². The number of nitrogens with zero attached hydrogens (tertiary/aromatic N) is 2. The third-order valence-corrected chi connectivity index (χ3v) is 5.06. The molecule has 0 aliphatic carbocycles. The molecule has 0 bridgehead atoms. The maximum atomic E-state index is 12.6. The van der Waals surface area contributed by atoms with E-state index in [1.165, 1.54) is 12.0 Å². The zero-order valence-electron chi connectivity index (χ0n) is 17.1. The SMILES string of the molecule is COC(=O)[C@H]1CN(C(=O)Oc2ccccc2)CC1Cc1cccc(OC/C(N)=N/O)c1. The molecule has 1 aliphatic rings. The molecule has 1 aliphatic heterocycles. The summed E-state index contributed by atoms with van der Waals surface area (Å²) in [6.07, 6.45) is 0.0359. The van der Waals surface area contributed by atoms with E-state index in [0.29, 0.717) is 24.5 Å². The highest BCUT2D eigenvalue weighted by molar-refractivity contribution is 5.81. The van der Waals surface area contributed by atoms with Crippen LogP contribution in [-0.4, -0.2) is 54.8 Å². The molecule has 1 heterocycles. The van der Waals surface area contributed by atoms with Crippen LogP contribution in [0, 0.1) is 11.8 Å². The van der Waals surface area contributed by atoms with Gasteiger partial charge in [-0.1, -0.05) is 35.5 Å². The maximum Gasteiger partial charge on any atom is 0.415 e. The number of benzene rings is 2. The number of oxime groups is 1. The van der Waals surface area contributed by atoms with Crippen molar-refractivity contribution in [2.24, 2.45) is 22.7 Å². The highest BCUT2D eigenvalue weighted by Crippen LogP contribution is 2.29. The second-order valence-corrected chi connectivity index (χ2v) is 7.21. The number of rotatable bonds is 7. The average molecular weight is 427 g/mol. The van der Waals surface area contributed by atoms with Crippen LogP contribution in [0.2, 0.25) is 0 Å². The van der Waals surface area contributed by atoms with Crippen LogP contribution in [0.3, 0.4) is 0 Å². The first-order valence-electron chi connectivity index (χ1n) is 9.78. The van der Waals surface area contributed by atoms with Crippen molar-refractivity contribution in [3.05, 3.63) is 60.2 Å². The van der Waals surface area contributed by atoms with Crippen molar-refractivity contribution in [2.45, 2.75) is 6.42 Å². The van der Waals surface area contributed by atoms with Gasteiger partial charge in [0, 0.05) is 13.1 Å². The third-order valence-electron chi connectivity index (χ3n) is 5.06. The number of para-hydroxylation sites is 1. The van der Waals surface area contributed by atoms with E-state index in [-0.39, 0.29) is 30.9 Å². The summed E-state index contributed by atoms with van der Waals surface area (Å²) in [4.78, 5) is 26.5. The minimum atomic E-state index is -0.501. The molecule has 2 aromatic carbocycles. The van der Waals surface area contributed by atoms with Crippen molar-refractivity contribution in [3.8, 4) is 11.5 Å². The van der Waals surface area contributed by atoms with Crippen LogP contribution in [0.5, 0.6) is 11.5 Å². The predicted molar refractivity (Wildman–Crippen MR) is 112 cm³/mol. The number of amidine groups is 1. The predicted octanol–water partition coefficient (Wildman–Crippen LogP) is 2.27. The molecule has 0 radical (unpaired) electrons. The van der Waals surface area contributed by atoms with Crippen molar-refractivity contribution in [3.63, 3.8) is 0 Å². The molecule has 164 valence electrons. The molecule has 0 saturated carbocycles. The quantitative estimate of drug-likeness (QED) is 0.228. The van der Waals surface area contributed by atoms with Gasteiger partial charge in [-0.2, -0.15) is 0 Å². The fraction of sp³-hybridized carbons (Fsp3) is 0.318. The zero-order chi connectivity index (χ0) is 22.2. The number of esters is 1. The van der Waals surface area contributed by atoms with Gasteiger partial charge in [0.1, 0.15) is 18.1 Å². The Hall–Kier alpha value is -3.75. The third kappa shape index (κ3) is 5.88. The molecule has 1 unspecified atom stereocenters. The Balaban J connectivity index is 1.68. The lowest BCUT2D eigenvalue weighted by Gasteiger charge is -2.17. The van der Waals surface area contributed by atoms with Gasteiger partial charge in [-0.05, 0) is 42.2 Å². The van der Waals surface area contributed by atoms with Crippen LogP contribution in [0.25, 0.3) is 0 Å². The number of carbonyl (C=O) groups is 2. The molecule has 1 amide bonds. The Bertz CT molecular complexity index is 934. The van der Waals surface area contributed by atoms with Gasteiger partial charge in [0.25, 0.3) is 0 Å². The lowest BCUT2D eigenvalue weighted by atomic mass is 9.89. The molecular weight excluding hydrogens is 402 g/mol. The number of carbonyl (C=O) groups excluding carboxylic acids is 2. The molecule has 9 nitrogen and oxygen atoms in total. The molecule has 3 N–H and O–H groups in total. The molecule has 3 rings (SSSR count). The van der Waals surface area contributed by atoms with Gasteiger partial charge >= 0.3 is 12.1 Å². The number of hydrogen-bond donors (Lipinski definition) is 2. The number of methoxy groups -OCH3 is 1. The van der Waals surface area contributed by atoms with Crippen molar-refractivity contribution >= 4 is 17.9 Å². The van der Waals surface area contributed by atoms with E-state index in [9.17, 15) is 9.59 Å². The van der Waals surface area contributed by atoms with Crippen LogP contribution >= 0.6 is 0 Å². The smallest absolute Gasteiger partial charge is 0.415 e. The summed E-state index contributed by atoms with van der Waals surface area (Å²) in [5.74, 6) is -0.0119. The normalized spacial score (nSPS) is 18.5. The standard InChI is InChI=1S/C22H25N3O6/c1-29-21(26)19-13-25(22(27)31-17-7-3-2-4-8-17)12-16(19)10-15-6-5-9-18(11-15)30-14-20(23)24-28/h2-9,11,16,19,28H,10,12-14H2,1H3,(H2,23,24)/t16?,19-/m0/s1. The van der Waals surface area contributed by atoms with Gasteiger partial charge in [-0.15, -0.1) is 0 Å². The molecule has 2 aromatic rings. The van der Waals surface area contributed by atoms with Crippen LogP contribution < -0.4 is 15.2 Å². The molecule has 9 heteroatoms. The number of nitrogens with two attached hydrogens (primary N) is 1. The van der Waals surface area contributed by atoms with Gasteiger partial charge < -0.3 is 30.1 Å². The lowest BCUT2D eigenvalue weighted by molar-refractivity contribution is -0.146. The summed E-state index contributed by atoms with van der Waals surface area (Å²) in [5, 5.41) is 11.5.